The van der Waals surface area contributed by atoms with E-state index in [9.17, 15) is 197 Å². The van der Waals surface area contributed by atoms with Gasteiger partial charge in [-0.2, -0.15) is 0 Å². The lowest BCUT2D eigenvalue weighted by Crippen LogP contribution is -2.71. The van der Waals surface area contributed by atoms with Gasteiger partial charge >= 0.3 is 11.9 Å². The molecule has 51 atom stereocenters. The predicted molar refractivity (Wildman–Crippen MR) is 424 cm³/mol. The van der Waals surface area contributed by atoms with Crippen LogP contribution in [0.4, 0.5) is 0 Å². The summed E-state index contributed by atoms with van der Waals surface area (Å²) in [6, 6.07) is -9.67. The molecule has 0 spiro atoms. The third-order valence-electron chi connectivity index (χ3n) is 24.5. The van der Waals surface area contributed by atoms with Gasteiger partial charge in [-0.3, -0.25) is 24.0 Å². The number of nitrogens with one attached hydrogen (secondary N) is 5. The molecule has 62 nitrogen and oxygen atoms in total. The Hall–Kier alpha value is -5.63. The summed E-state index contributed by atoms with van der Waals surface area (Å²) in [5.74, 6) is -15.6. The van der Waals surface area contributed by atoms with Crippen molar-refractivity contribution in [2.75, 3.05) is 72.7 Å². The summed E-state index contributed by atoms with van der Waals surface area (Å²) in [5, 5.41) is 366. The molecular weight excluding hydrogens is 1890 g/mol. The number of carboxylic acid groups (broad SMARTS) is 2. The number of aliphatic carboxylic acids is 2. The van der Waals surface area contributed by atoms with Gasteiger partial charge in [0.15, 0.2) is 44.0 Å². The average molecular weight is 2020 g/mol. The van der Waals surface area contributed by atoms with Crippen molar-refractivity contribution >= 4 is 41.5 Å². The van der Waals surface area contributed by atoms with E-state index < -0.39 is 439 Å². The normalized spacial score (nSPS) is 43.7. The van der Waals surface area contributed by atoms with Crippen LogP contribution >= 0.6 is 0 Å². The molecule has 9 saturated heterocycles. The Morgan fingerprint density at radius 3 is 1.09 bits per heavy atom. The van der Waals surface area contributed by atoms with Crippen LogP contribution < -0.4 is 26.6 Å². The second kappa shape index (κ2) is 50.5. The van der Waals surface area contributed by atoms with Crippen LogP contribution in [0, 0.1) is 0 Å². The minimum absolute atomic E-state index is 0.835. The van der Waals surface area contributed by atoms with Crippen molar-refractivity contribution in [1.82, 2.24) is 26.6 Å². The number of rotatable bonds is 43. The first kappa shape index (κ1) is 116. The SMILES string of the molecule is CC(=O)N[C@H]1[C@H](O[C@H]2[C@@H](O)[C@@H](CO)O[C@@H](O[C@H]3[C@H](O)[C@@H](NC(C)=O)[C@H](OC[C@H]4O[C@@H](O[C@@H]([C@H](O)[C@@H](O)CO)[C@H](O)CO)[C@H](O)[C@@H](O[C@@H]5O[C@H](CO)[C@@H](O)[C@H](O[C@@H]6O[C@H](CO)[C@H](O)[C@H](O[C@]7(C(=O)O)C[C@H](O)[C@@H](NC(C)=O)[C@H]([C@H](O)[C@H](O)CO)O7)[C@H]6O)[C@H]5NC(C)=O)[C@H]4O)O[C@@H]3CO)[C@@H]2O)O[C@H](CO)[C@@H](O[C@@H]2O[C@H](CO[C@]3(C(=O)O)C[C@H](O)[C@@H](NC(C)=O)[C@H]([C@H](O)[C@H](O)CO)O3)[C@H](O)[C@H](O)[C@H]2O)[C@@H]1O. The van der Waals surface area contributed by atoms with Crippen LogP contribution in [0.5, 0.6) is 0 Å². The highest BCUT2D eigenvalue weighted by Gasteiger charge is 2.65. The van der Waals surface area contributed by atoms with Gasteiger partial charge in [-0.05, 0) is 0 Å². The lowest BCUT2D eigenvalue weighted by atomic mass is 9.88. The summed E-state index contributed by atoms with van der Waals surface area (Å²) in [6.45, 7) is -9.24. The second-order valence-corrected chi connectivity index (χ2v) is 34.4. The first-order valence-electron chi connectivity index (χ1n) is 43.3. The van der Waals surface area contributed by atoms with E-state index in [-0.39, 0.29) is 0 Å². The second-order valence-electron chi connectivity index (χ2n) is 34.4. The molecule has 9 heterocycles. The fraction of sp³-hybridized carbons (Fsp3) is 0.908. The summed E-state index contributed by atoms with van der Waals surface area (Å²) in [5.41, 5.74) is 0. The molecule has 37 N–H and O–H groups in total. The number of aliphatic hydroxyl groups excluding tert-OH is 30. The van der Waals surface area contributed by atoms with Crippen molar-refractivity contribution in [2.24, 2.45) is 0 Å². The summed E-state index contributed by atoms with van der Waals surface area (Å²) in [7, 11) is 0. The quantitative estimate of drug-likeness (QED) is 0.0270. The molecule has 9 fully saturated rings. The largest absolute Gasteiger partial charge is 0.477 e. The van der Waals surface area contributed by atoms with Crippen LogP contribution in [0.3, 0.4) is 0 Å². The number of carbonyl (C=O) groups excluding carboxylic acids is 5. The van der Waals surface area contributed by atoms with Gasteiger partial charge in [0.1, 0.15) is 232 Å². The van der Waals surface area contributed by atoms with Gasteiger partial charge in [-0.25, -0.2) is 9.59 Å². The van der Waals surface area contributed by atoms with Gasteiger partial charge in [0.25, 0.3) is 11.6 Å². The van der Waals surface area contributed by atoms with Gasteiger partial charge in [0.05, 0.1) is 97.0 Å². The van der Waals surface area contributed by atoms with Gasteiger partial charge in [0, 0.05) is 47.5 Å². The first-order valence-corrected chi connectivity index (χ1v) is 43.3. The molecule has 0 saturated carbocycles. The molecule has 62 heteroatoms. The number of amides is 5. The predicted octanol–water partition coefficient (Wildman–Crippen LogP) is -24.0. The first-order chi connectivity index (χ1) is 64.9. The maximum Gasteiger partial charge on any atom is 0.364 e. The molecule has 0 aromatic heterocycles. The van der Waals surface area contributed by atoms with E-state index in [1.54, 1.807) is 0 Å². The van der Waals surface area contributed by atoms with Crippen molar-refractivity contribution in [3.63, 3.8) is 0 Å². The summed E-state index contributed by atoms with van der Waals surface area (Å²) in [4.78, 5) is 90.2. The van der Waals surface area contributed by atoms with E-state index in [1.807, 2.05) is 0 Å². The standard InChI is InChI=1S/C76H127N5O57/c1-19(91)77-37-24(96)6-75(73(117)118,136-61(37)43(103)27(99)9-83)122-18-36-45(105)52(112)53(113)69(129-36)131-59-34(16-90)127-67(40(51(59)111)80-22(4)94)134-63-47(107)31(13-87)124-70(54(63)114)132-58-33(15-89)126-66(39(50(58)110)79-21(3)93)121-17-35-49(109)64(55(115)71(128-35)130-57(29(101)11-85)42(102)26(98)8-82)135-68-41(81-23(5)95)60(46(106)30(12-86)123-68)133-72-56(116)65(48(108)32(14-88)125-72)138-76(74(119)120)7-25(97)38(78-20(2)92)62(137-76)44(104)28(100)10-84/h24-72,82-90,96-116H,6-18H2,1-5H3,(H,77,91)(H,78,92)(H,79,93)(H,80,94)(H,81,95)(H,117,118)(H,119,120)/t24-,25-,26-,27+,28+,29+,30+,31+,32+,33+,34+,35+,36+,37+,38+,39+,40+,41+,42+,43+,44+,45-,46+,47-,48-,49-,50+,51+,52-,53+,54+,55+,56+,57+,58+,59+,60+,61+,62+,63-,64-,65-,66+,67-,68-,69-,70-,71-,72-,75+,76-/m0/s1. The molecule has 798 valence electrons. The van der Waals surface area contributed by atoms with Crippen LogP contribution in [-0.4, -0.2) is 589 Å². The fourth-order valence-electron chi connectivity index (χ4n) is 17.3. The molecule has 0 bridgehead atoms. The van der Waals surface area contributed by atoms with E-state index in [1.165, 1.54) is 0 Å². The van der Waals surface area contributed by atoms with Gasteiger partial charge in [-0.1, -0.05) is 0 Å². The maximum absolute atomic E-state index is 13.4. The minimum Gasteiger partial charge on any atom is -0.477 e. The lowest BCUT2D eigenvalue weighted by Gasteiger charge is -2.51. The Kier molecular flexibility index (Phi) is 42.4. The van der Waals surface area contributed by atoms with E-state index in [0.717, 1.165) is 34.6 Å². The molecule has 0 unspecified atom stereocenters. The smallest absolute Gasteiger partial charge is 0.364 e. The number of carbonyl (C=O) groups is 7. The van der Waals surface area contributed by atoms with Crippen LogP contribution in [0.15, 0.2) is 0 Å². The van der Waals surface area contributed by atoms with E-state index in [4.69, 9.17) is 85.3 Å². The number of hydrogen-bond acceptors (Lipinski definition) is 55. The molecule has 0 radical (unpaired) electrons. The average Bonchev–Trinajstić information content (AvgIpc) is 0.726. The zero-order chi connectivity index (χ0) is 103. The summed E-state index contributed by atoms with van der Waals surface area (Å²) >= 11 is 0. The molecule has 138 heavy (non-hydrogen) atoms. The Balaban J connectivity index is 0.951. The van der Waals surface area contributed by atoms with Crippen molar-refractivity contribution in [3.05, 3.63) is 0 Å². The van der Waals surface area contributed by atoms with Crippen molar-refractivity contribution < 1.29 is 282 Å². The van der Waals surface area contributed by atoms with Crippen molar-refractivity contribution in [2.45, 2.75) is 359 Å². The van der Waals surface area contributed by atoms with Crippen LogP contribution in [0.1, 0.15) is 47.5 Å². The minimum atomic E-state index is -3.36. The third-order valence-corrected chi connectivity index (χ3v) is 24.5. The molecule has 0 aromatic rings. The fourth-order valence-corrected chi connectivity index (χ4v) is 17.3. The van der Waals surface area contributed by atoms with Crippen LogP contribution in [0.25, 0.3) is 0 Å². The topological polar surface area (TPSA) is 993 Å². The van der Waals surface area contributed by atoms with E-state index >= 15 is 0 Å². The molecule has 5 amide bonds. The van der Waals surface area contributed by atoms with Crippen molar-refractivity contribution in [3.8, 4) is 0 Å². The van der Waals surface area contributed by atoms with E-state index in [2.05, 4.69) is 26.6 Å². The molecule has 0 aliphatic carbocycles. The third kappa shape index (κ3) is 26.2. The van der Waals surface area contributed by atoms with Crippen molar-refractivity contribution in [1.29, 1.82) is 0 Å². The molecular formula is C76H127N5O57. The molecule has 9 aliphatic heterocycles. The zero-order valence-electron chi connectivity index (χ0n) is 74.0. The Morgan fingerprint density at radius 1 is 0.319 bits per heavy atom. The Bertz CT molecular complexity index is 3870. The Labute approximate surface area is 779 Å². The number of ether oxygens (including phenoxy) is 18. The lowest BCUT2D eigenvalue weighted by molar-refractivity contribution is -0.388. The number of hydrogen-bond donors (Lipinski definition) is 37. The highest BCUT2D eigenvalue weighted by atomic mass is 16.8. The monoisotopic (exact) mass is 2020 g/mol. The van der Waals surface area contributed by atoms with Crippen LogP contribution in [-0.2, 0) is 119 Å². The maximum atomic E-state index is 13.4. The number of aliphatic hydroxyl groups is 30. The highest BCUT2D eigenvalue weighted by Crippen LogP contribution is 2.43. The molecule has 0 aromatic carbocycles. The molecule has 9 rings (SSSR count). The van der Waals surface area contributed by atoms with Gasteiger partial charge in [0.2, 0.25) is 29.5 Å². The zero-order valence-corrected chi connectivity index (χ0v) is 74.0. The summed E-state index contributed by atoms with van der Waals surface area (Å²) < 4.78 is 106. The van der Waals surface area contributed by atoms with Crippen LogP contribution in [0.2, 0.25) is 0 Å². The van der Waals surface area contributed by atoms with Gasteiger partial charge in [-0.15, -0.1) is 0 Å². The molecule has 9 aliphatic rings. The van der Waals surface area contributed by atoms with E-state index in [0.29, 0.717) is 0 Å². The summed E-state index contributed by atoms with van der Waals surface area (Å²) in [6.07, 6.45) is -102. The highest BCUT2D eigenvalue weighted by molar-refractivity contribution is 5.78. The Morgan fingerprint density at radius 2 is 0.645 bits per heavy atom. The number of carboxylic acids is 2. The van der Waals surface area contributed by atoms with Gasteiger partial charge < -0.3 is 275 Å².